The van der Waals surface area contributed by atoms with Gasteiger partial charge in [-0.25, -0.2) is 14.6 Å². The van der Waals surface area contributed by atoms with Crippen molar-refractivity contribution in [2.24, 2.45) is 0 Å². The van der Waals surface area contributed by atoms with Crippen LogP contribution in [-0.4, -0.2) is 43.6 Å². The Bertz CT molecular complexity index is 1340. The van der Waals surface area contributed by atoms with Gasteiger partial charge in [-0.1, -0.05) is 32.9 Å². The third kappa shape index (κ3) is 6.43. The number of carbonyl (C=O) groups excluding carboxylic acids is 2. The van der Waals surface area contributed by atoms with Gasteiger partial charge in [0.25, 0.3) is 0 Å². The van der Waals surface area contributed by atoms with Crippen LogP contribution < -0.4 is 0 Å². The maximum atomic E-state index is 14.2. The van der Waals surface area contributed by atoms with Crippen molar-refractivity contribution in [1.82, 2.24) is 19.3 Å². The van der Waals surface area contributed by atoms with Gasteiger partial charge in [0.15, 0.2) is 5.69 Å². The maximum Gasteiger partial charge on any atom is 0.435 e. The van der Waals surface area contributed by atoms with Crippen LogP contribution in [0.4, 0.5) is 18.0 Å². The molecule has 0 bridgehead atoms. The van der Waals surface area contributed by atoms with Crippen LogP contribution >= 0.6 is 0 Å². The molecule has 3 rings (SSSR count). The first-order valence-corrected chi connectivity index (χ1v) is 12.2. The summed E-state index contributed by atoms with van der Waals surface area (Å²) in [6, 6.07) is 3.95. The lowest BCUT2D eigenvalue weighted by Crippen LogP contribution is -2.27. The predicted molar refractivity (Wildman–Crippen MR) is 135 cm³/mol. The lowest BCUT2D eigenvalue weighted by molar-refractivity contribution is -0.138. The Labute approximate surface area is 219 Å². The van der Waals surface area contributed by atoms with Gasteiger partial charge in [-0.2, -0.15) is 23.0 Å². The Balaban J connectivity index is 2.05. The molecule has 11 heteroatoms. The van der Waals surface area contributed by atoms with Crippen molar-refractivity contribution in [2.45, 2.75) is 79.1 Å². The molecule has 0 atom stereocenters. The normalized spacial score (nSPS) is 12.5. The van der Waals surface area contributed by atoms with Crippen LogP contribution in [0.1, 0.15) is 81.6 Å². The molecule has 1 aromatic carbocycles. The van der Waals surface area contributed by atoms with E-state index in [1.54, 1.807) is 39.2 Å². The topological polar surface area (TPSA) is 88.2 Å². The fourth-order valence-electron chi connectivity index (χ4n) is 3.90. The van der Waals surface area contributed by atoms with Gasteiger partial charge in [0, 0.05) is 29.4 Å². The number of alkyl halides is 3. The smallest absolute Gasteiger partial charge is 0.435 e. The van der Waals surface area contributed by atoms with Crippen molar-refractivity contribution in [3.05, 3.63) is 58.9 Å². The number of carbonyl (C=O) groups is 2. The minimum atomic E-state index is -4.66. The second kappa shape index (κ2) is 10.3. The first-order valence-electron chi connectivity index (χ1n) is 12.2. The average molecular weight is 535 g/mol. The van der Waals surface area contributed by atoms with Crippen LogP contribution in [0.2, 0.25) is 0 Å². The predicted octanol–water partition coefficient (Wildman–Crippen LogP) is 6.38. The first kappa shape index (κ1) is 28.9. The average Bonchev–Trinajstić information content (AvgIpc) is 3.38. The number of esters is 1. The standard InChI is InChI=1S/C27H33F3N4O4/c1-9-37-22(35)21-16(2)33(23(32-21)25(3,4)5)14-18-11-10-17(12-20(18)27(28,29)30)19-13-31-34(15-19)24(36)38-26(6,7)8/h10-13,15H,9,14H2,1-8H3. The van der Waals surface area contributed by atoms with Crippen LogP contribution in [0.15, 0.2) is 30.6 Å². The Kier molecular flexibility index (Phi) is 7.81. The molecule has 0 spiro atoms. The van der Waals surface area contributed by atoms with Gasteiger partial charge in [0.1, 0.15) is 11.4 Å². The Morgan fingerprint density at radius 3 is 2.24 bits per heavy atom. The summed E-state index contributed by atoms with van der Waals surface area (Å²) >= 11 is 0. The van der Waals surface area contributed by atoms with Crippen molar-refractivity contribution in [1.29, 1.82) is 0 Å². The number of rotatable bonds is 5. The molecule has 0 aliphatic heterocycles. The van der Waals surface area contributed by atoms with Crippen LogP contribution in [-0.2, 0) is 27.6 Å². The molecule has 8 nitrogen and oxygen atoms in total. The highest BCUT2D eigenvalue weighted by atomic mass is 19.4. The van der Waals surface area contributed by atoms with E-state index < -0.39 is 34.8 Å². The zero-order valence-electron chi connectivity index (χ0n) is 22.9. The molecule has 0 radical (unpaired) electrons. The van der Waals surface area contributed by atoms with E-state index in [2.05, 4.69) is 10.1 Å². The molecular weight excluding hydrogens is 501 g/mol. The Morgan fingerprint density at radius 1 is 1.03 bits per heavy atom. The molecule has 0 N–H and O–H groups in total. The number of halogens is 3. The molecule has 0 saturated heterocycles. The molecule has 0 amide bonds. The van der Waals surface area contributed by atoms with Crippen LogP contribution in [0, 0.1) is 6.92 Å². The Hall–Kier alpha value is -3.63. The van der Waals surface area contributed by atoms with Crippen molar-refractivity contribution in [2.75, 3.05) is 6.61 Å². The highest BCUT2D eigenvalue weighted by Gasteiger charge is 2.35. The van der Waals surface area contributed by atoms with E-state index in [9.17, 15) is 22.8 Å². The molecule has 38 heavy (non-hydrogen) atoms. The van der Waals surface area contributed by atoms with E-state index in [4.69, 9.17) is 9.47 Å². The maximum absolute atomic E-state index is 14.2. The molecule has 2 heterocycles. The quantitative estimate of drug-likeness (QED) is 0.353. The molecule has 0 fully saturated rings. The molecule has 0 aliphatic carbocycles. The second-order valence-corrected chi connectivity index (χ2v) is 10.9. The van der Waals surface area contributed by atoms with E-state index in [-0.39, 0.29) is 30.0 Å². The second-order valence-electron chi connectivity index (χ2n) is 10.9. The molecular formula is C27H33F3N4O4. The van der Waals surface area contributed by atoms with Gasteiger partial charge < -0.3 is 14.0 Å². The number of ether oxygens (including phenoxy) is 2. The number of hydrogen-bond acceptors (Lipinski definition) is 6. The van der Waals surface area contributed by atoms with Crippen molar-refractivity contribution < 1.29 is 32.2 Å². The fourth-order valence-corrected chi connectivity index (χ4v) is 3.90. The largest absolute Gasteiger partial charge is 0.461 e. The summed E-state index contributed by atoms with van der Waals surface area (Å²) in [5.41, 5.74) is -1.08. The van der Waals surface area contributed by atoms with Gasteiger partial charge in [0.05, 0.1) is 18.4 Å². The van der Waals surface area contributed by atoms with Crippen LogP contribution in [0.5, 0.6) is 0 Å². The zero-order valence-corrected chi connectivity index (χ0v) is 22.9. The summed E-state index contributed by atoms with van der Waals surface area (Å²) in [5, 5.41) is 3.95. The van der Waals surface area contributed by atoms with E-state index in [0.717, 1.165) is 10.7 Å². The van der Waals surface area contributed by atoms with E-state index in [1.807, 2.05) is 20.8 Å². The molecule has 2 aromatic heterocycles. The zero-order chi connectivity index (χ0) is 28.6. The van der Waals surface area contributed by atoms with E-state index in [1.165, 1.54) is 24.5 Å². The summed E-state index contributed by atoms with van der Waals surface area (Å²) in [7, 11) is 0. The fraction of sp³-hybridized carbons (Fsp3) is 0.481. The van der Waals surface area contributed by atoms with Gasteiger partial charge in [-0.15, -0.1) is 0 Å². The lowest BCUT2D eigenvalue weighted by Gasteiger charge is -2.22. The summed E-state index contributed by atoms with van der Waals surface area (Å²) in [6.07, 6.45) is -2.76. The van der Waals surface area contributed by atoms with Crippen molar-refractivity contribution in [3.63, 3.8) is 0 Å². The minimum Gasteiger partial charge on any atom is -0.461 e. The monoisotopic (exact) mass is 534 g/mol. The third-order valence-corrected chi connectivity index (χ3v) is 5.60. The van der Waals surface area contributed by atoms with Gasteiger partial charge in [-0.3, -0.25) is 0 Å². The van der Waals surface area contributed by atoms with Gasteiger partial charge >= 0.3 is 18.2 Å². The molecule has 206 valence electrons. The number of aromatic nitrogens is 4. The minimum absolute atomic E-state index is 0.00203. The Morgan fingerprint density at radius 2 is 1.68 bits per heavy atom. The molecule has 0 aliphatic rings. The van der Waals surface area contributed by atoms with Gasteiger partial charge in [-0.05, 0) is 51.8 Å². The molecule has 0 saturated carbocycles. The highest BCUT2D eigenvalue weighted by Crippen LogP contribution is 2.36. The lowest BCUT2D eigenvalue weighted by atomic mass is 9.95. The molecule has 0 unspecified atom stereocenters. The summed E-state index contributed by atoms with van der Waals surface area (Å²) < 4.78 is 55.6. The van der Waals surface area contributed by atoms with E-state index in [0.29, 0.717) is 17.1 Å². The molecule has 3 aromatic rings. The number of nitrogens with zero attached hydrogens (tertiary/aromatic N) is 4. The summed E-state index contributed by atoms with van der Waals surface area (Å²) in [5.74, 6) is -0.156. The van der Waals surface area contributed by atoms with E-state index >= 15 is 0 Å². The SMILES string of the molecule is CCOC(=O)c1nc(C(C)(C)C)n(Cc2ccc(-c3cnn(C(=O)OC(C)(C)C)c3)cc2C(F)(F)F)c1C. The highest BCUT2D eigenvalue weighted by molar-refractivity contribution is 5.88. The number of imidazole rings is 1. The third-order valence-electron chi connectivity index (χ3n) is 5.60. The van der Waals surface area contributed by atoms with Crippen molar-refractivity contribution >= 4 is 12.1 Å². The number of hydrogen-bond donors (Lipinski definition) is 0. The van der Waals surface area contributed by atoms with Crippen LogP contribution in [0.25, 0.3) is 11.1 Å². The van der Waals surface area contributed by atoms with Gasteiger partial charge in [0.2, 0.25) is 0 Å². The summed E-state index contributed by atoms with van der Waals surface area (Å²) in [4.78, 5) is 29.2. The number of benzene rings is 1. The first-order chi connectivity index (χ1) is 17.4. The summed E-state index contributed by atoms with van der Waals surface area (Å²) in [6.45, 7) is 14.0. The van der Waals surface area contributed by atoms with Crippen molar-refractivity contribution in [3.8, 4) is 11.1 Å². The van der Waals surface area contributed by atoms with Crippen LogP contribution in [0.3, 0.4) is 0 Å².